The van der Waals surface area contributed by atoms with Gasteiger partial charge in [-0.15, -0.1) is 0 Å². The Bertz CT molecular complexity index is 1110. The Morgan fingerprint density at radius 2 is 1.27 bits per heavy atom. The molecule has 0 heterocycles. The lowest BCUT2D eigenvalue weighted by molar-refractivity contribution is 0.104. The summed E-state index contributed by atoms with van der Waals surface area (Å²) in [5, 5.41) is 0. The molecule has 0 aromatic heterocycles. The average Bonchev–Trinajstić information content (AvgIpc) is 2.83. The van der Waals surface area contributed by atoms with Crippen molar-refractivity contribution in [3.63, 3.8) is 0 Å². The molecule has 4 aromatic carbocycles. The molecular formula is C28H22O2. The minimum atomic E-state index is -0.0148. The van der Waals surface area contributed by atoms with Gasteiger partial charge in [-0.25, -0.2) is 0 Å². The Morgan fingerprint density at radius 3 is 1.93 bits per heavy atom. The quantitative estimate of drug-likeness (QED) is 0.255. The molecule has 2 nitrogen and oxygen atoms in total. The van der Waals surface area contributed by atoms with E-state index in [0.29, 0.717) is 12.2 Å². The number of ketones is 1. The molecule has 0 saturated heterocycles. The third-order valence-electron chi connectivity index (χ3n) is 4.83. The largest absolute Gasteiger partial charge is 0.489 e. The minimum absolute atomic E-state index is 0.0148. The zero-order valence-corrected chi connectivity index (χ0v) is 16.6. The Morgan fingerprint density at radius 1 is 0.667 bits per heavy atom. The van der Waals surface area contributed by atoms with Gasteiger partial charge in [0.05, 0.1) is 0 Å². The predicted molar refractivity (Wildman–Crippen MR) is 122 cm³/mol. The van der Waals surface area contributed by atoms with Gasteiger partial charge in [-0.1, -0.05) is 103 Å². The fourth-order valence-electron chi connectivity index (χ4n) is 3.14. The van der Waals surface area contributed by atoms with Crippen molar-refractivity contribution >= 4 is 11.9 Å². The highest BCUT2D eigenvalue weighted by molar-refractivity contribution is 6.07. The van der Waals surface area contributed by atoms with Crippen molar-refractivity contribution in [2.75, 3.05) is 0 Å². The summed E-state index contributed by atoms with van der Waals surface area (Å²) in [5.74, 6) is 0.790. The first-order valence-corrected chi connectivity index (χ1v) is 9.93. The van der Waals surface area contributed by atoms with Gasteiger partial charge in [-0.3, -0.25) is 4.79 Å². The summed E-state index contributed by atoms with van der Waals surface area (Å²) in [5.41, 5.74) is 5.00. The second kappa shape index (κ2) is 9.53. The lowest BCUT2D eigenvalue weighted by Crippen LogP contribution is -1.95. The van der Waals surface area contributed by atoms with E-state index in [2.05, 4.69) is 12.1 Å². The van der Waals surface area contributed by atoms with Crippen LogP contribution in [0.4, 0.5) is 0 Å². The van der Waals surface area contributed by atoms with Gasteiger partial charge in [0, 0.05) is 5.56 Å². The number of benzene rings is 4. The standard InChI is InChI=1S/C28H22O2/c29-28(26-16-14-25(15-17-26)24-9-5-2-6-10-24)20-13-22-11-18-27(19-12-22)30-21-23-7-3-1-4-8-23/h1-20H,21H2/b20-13+. The normalized spacial score (nSPS) is 10.8. The minimum Gasteiger partial charge on any atom is -0.489 e. The van der Waals surface area contributed by atoms with Crippen LogP contribution in [-0.2, 0) is 6.61 Å². The van der Waals surface area contributed by atoms with Gasteiger partial charge < -0.3 is 4.74 Å². The Labute approximate surface area is 177 Å². The van der Waals surface area contributed by atoms with Gasteiger partial charge in [0.15, 0.2) is 5.78 Å². The van der Waals surface area contributed by atoms with Crippen molar-refractivity contribution < 1.29 is 9.53 Å². The summed E-state index contributed by atoms with van der Waals surface area (Å²) in [4.78, 5) is 12.5. The number of carbonyl (C=O) groups excluding carboxylic acids is 1. The van der Waals surface area contributed by atoms with Gasteiger partial charge in [0.25, 0.3) is 0 Å². The topological polar surface area (TPSA) is 26.3 Å². The highest BCUT2D eigenvalue weighted by atomic mass is 16.5. The maximum atomic E-state index is 12.5. The smallest absolute Gasteiger partial charge is 0.185 e. The zero-order chi connectivity index (χ0) is 20.6. The summed E-state index contributed by atoms with van der Waals surface area (Å²) < 4.78 is 5.80. The van der Waals surface area contributed by atoms with E-state index in [9.17, 15) is 4.79 Å². The highest BCUT2D eigenvalue weighted by Crippen LogP contribution is 2.20. The molecule has 0 amide bonds. The van der Waals surface area contributed by atoms with Gasteiger partial charge in [-0.2, -0.15) is 0 Å². The van der Waals surface area contributed by atoms with Crippen molar-refractivity contribution in [2.24, 2.45) is 0 Å². The van der Waals surface area contributed by atoms with E-state index < -0.39 is 0 Å². The molecule has 0 aliphatic heterocycles. The number of hydrogen-bond donors (Lipinski definition) is 0. The van der Waals surface area contributed by atoms with Crippen LogP contribution in [0.25, 0.3) is 17.2 Å². The van der Waals surface area contributed by atoms with Crippen LogP contribution >= 0.6 is 0 Å². The van der Waals surface area contributed by atoms with Crippen molar-refractivity contribution in [3.05, 3.63) is 132 Å². The molecular weight excluding hydrogens is 368 g/mol. The van der Waals surface area contributed by atoms with Gasteiger partial charge in [0.2, 0.25) is 0 Å². The molecule has 0 aliphatic rings. The molecule has 4 rings (SSSR count). The van der Waals surface area contributed by atoms with Crippen LogP contribution < -0.4 is 4.74 Å². The van der Waals surface area contributed by atoms with E-state index in [0.717, 1.165) is 28.0 Å². The first-order chi connectivity index (χ1) is 14.8. The van der Waals surface area contributed by atoms with Crippen LogP contribution in [0.3, 0.4) is 0 Å². The molecule has 0 aliphatic carbocycles. The molecule has 0 radical (unpaired) electrons. The van der Waals surface area contributed by atoms with Crippen LogP contribution in [-0.4, -0.2) is 5.78 Å². The molecule has 0 saturated carbocycles. The lowest BCUT2D eigenvalue weighted by Gasteiger charge is -2.06. The van der Waals surface area contributed by atoms with Crippen molar-refractivity contribution in [1.29, 1.82) is 0 Å². The Hall–Kier alpha value is -3.91. The number of rotatable bonds is 7. The summed E-state index contributed by atoms with van der Waals surface area (Å²) in [7, 11) is 0. The number of allylic oxidation sites excluding steroid dienone is 1. The first kappa shape index (κ1) is 19.4. The van der Waals surface area contributed by atoms with E-state index in [4.69, 9.17) is 4.74 Å². The second-order valence-corrected chi connectivity index (χ2v) is 6.98. The summed E-state index contributed by atoms with van der Waals surface area (Å²) in [6.45, 7) is 0.535. The third-order valence-corrected chi connectivity index (χ3v) is 4.83. The maximum Gasteiger partial charge on any atom is 0.185 e. The third kappa shape index (κ3) is 5.12. The van der Waals surface area contributed by atoms with Crippen LogP contribution in [0.15, 0.2) is 115 Å². The van der Waals surface area contributed by atoms with Crippen molar-refractivity contribution in [1.82, 2.24) is 0 Å². The first-order valence-electron chi connectivity index (χ1n) is 9.93. The van der Waals surface area contributed by atoms with Crippen LogP contribution in [0.5, 0.6) is 5.75 Å². The number of ether oxygens (including phenoxy) is 1. The van der Waals surface area contributed by atoms with E-state index in [1.807, 2.05) is 103 Å². The Kier molecular flexibility index (Phi) is 6.16. The second-order valence-electron chi connectivity index (χ2n) is 6.98. The predicted octanol–water partition coefficient (Wildman–Crippen LogP) is 6.83. The van der Waals surface area contributed by atoms with Gasteiger partial charge >= 0.3 is 0 Å². The molecule has 4 aromatic rings. The number of hydrogen-bond acceptors (Lipinski definition) is 2. The molecule has 0 atom stereocenters. The lowest BCUT2D eigenvalue weighted by atomic mass is 10.0. The zero-order valence-electron chi connectivity index (χ0n) is 16.6. The monoisotopic (exact) mass is 390 g/mol. The van der Waals surface area contributed by atoms with E-state index in [-0.39, 0.29) is 5.78 Å². The summed E-state index contributed by atoms with van der Waals surface area (Å²) in [6, 6.07) is 35.6. The molecule has 0 spiro atoms. The molecule has 30 heavy (non-hydrogen) atoms. The molecule has 0 fully saturated rings. The molecule has 0 bridgehead atoms. The van der Waals surface area contributed by atoms with Crippen LogP contribution in [0.1, 0.15) is 21.5 Å². The molecule has 2 heteroatoms. The summed E-state index contributed by atoms with van der Waals surface area (Å²) >= 11 is 0. The SMILES string of the molecule is O=C(/C=C/c1ccc(OCc2ccccc2)cc1)c1ccc(-c2ccccc2)cc1. The van der Waals surface area contributed by atoms with Crippen LogP contribution in [0.2, 0.25) is 0 Å². The van der Waals surface area contributed by atoms with Gasteiger partial charge in [-0.05, 0) is 40.5 Å². The van der Waals surface area contributed by atoms with Crippen LogP contribution in [0, 0.1) is 0 Å². The van der Waals surface area contributed by atoms with E-state index in [1.165, 1.54) is 0 Å². The Balaban J connectivity index is 1.35. The fourth-order valence-corrected chi connectivity index (χ4v) is 3.14. The highest BCUT2D eigenvalue weighted by Gasteiger charge is 2.03. The maximum absolute atomic E-state index is 12.5. The number of carbonyl (C=O) groups is 1. The molecule has 0 N–H and O–H groups in total. The summed E-state index contributed by atoms with van der Waals surface area (Å²) in [6.07, 6.45) is 3.44. The molecule has 0 unspecified atom stereocenters. The van der Waals surface area contributed by atoms with Gasteiger partial charge in [0.1, 0.15) is 12.4 Å². The van der Waals surface area contributed by atoms with Crippen molar-refractivity contribution in [2.45, 2.75) is 6.61 Å². The van der Waals surface area contributed by atoms with E-state index in [1.54, 1.807) is 6.08 Å². The molecule has 146 valence electrons. The van der Waals surface area contributed by atoms with Crippen molar-refractivity contribution in [3.8, 4) is 16.9 Å². The fraction of sp³-hybridized carbons (Fsp3) is 0.0357. The van der Waals surface area contributed by atoms with E-state index >= 15 is 0 Å². The average molecular weight is 390 g/mol.